The van der Waals surface area contributed by atoms with Crippen molar-refractivity contribution in [2.45, 2.75) is 25.9 Å². The predicted molar refractivity (Wildman–Crippen MR) is 44.9 cm³/mol. The molecule has 0 aromatic rings. The molecule has 1 atom stereocenters. The fraction of sp³-hybridized carbons (Fsp3) is 0.571. The monoisotopic (exact) mass is 180 g/mol. The Kier molecular flexibility index (Phi) is 7.36. The average molecular weight is 181 g/mol. The lowest BCUT2D eigenvalue weighted by molar-refractivity contribution is -0.132. The fourth-order valence-corrected chi connectivity index (χ4v) is 0.490. The molecule has 0 rings (SSSR count). The molecule has 3 nitrogen and oxygen atoms in total. The van der Waals surface area contributed by atoms with E-state index < -0.39 is 12.1 Å². The topological polar surface area (TPSA) is 57.5 Å². The molecule has 0 radical (unpaired) electrons. The van der Waals surface area contributed by atoms with Crippen LogP contribution < -0.4 is 0 Å². The molecule has 0 heterocycles. The van der Waals surface area contributed by atoms with Crippen LogP contribution in [-0.4, -0.2) is 22.3 Å². The highest BCUT2D eigenvalue weighted by Gasteiger charge is 2.04. The molecule has 0 saturated carbocycles. The SMILES string of the molecule is C=C(CCC(C)O)C(=O)O.Cl. The van der Waals surface area contributed by atoms with Gasteiger partial charge in [-0.2, -0.15) is 0 Å². The van der Waals surface area contributed by atoms with Crippen LogP contribution in [0.1, 0.15) is 19.8 Å². The molecule has 0 aliphatic carbocycles. The molecule has 11 heavy (non-hydrogen) atoms. The van der Waals surface area contributed by atoms with E-state index in [4.69, 9.17) is 10.2 Å². The first kappa shape index (κ1) is 13.1. The summed E-state index contributed by atoms with van der Waals surface area (Å²) in [6.07, 6.45) is 0.370. The second kappa shape index (κ2) is 6.19. The van der Waals surface area contributed by atoms with Crippen LogP contribution in [0.3, 0.4) is 0 Å². The lowest BCUT2D eigenvalue weighted by Gasteiger charge is -2.01. The van der Waals surface area contributed by atoms with Gasteiger partial charge in [0.05, 0.1) is 6.10 Å². The van der Waals surface area contributed by atoms with Crippen molar-refractivity contribution in [1.82, 2.24) is 0 Å². The summed E-state index contributed by atoms with van der Waals surface area (Å²) in [6, 6.07) is 0. The molecule has 0 aliphatic heterocycles. The number of aliphatic hydroxyl groups excluding tert-OH is 1. The van der Waals surface area contributed by atoms with Crippen molar-refractivity contribution in [3.63, 3.8) is 0 Å². The van der Waals surface area contributed by atoms with Crippen LogP contribution in [-0.2, 0) is 4.79 Å². The van der Waals surface area contributed by atoms with Gasteiger partial charge in [-0.25, -0.2) is 4.79 Å². The van der Waals surface area contributed by atoms with Crippen LogP contribution in [0.5, 0.6) is 0 Å². The Bertz CT molecular complexity index is 143. The van der Waals surface area contributed by atoms with E-state index in [1.807, 2.05) is 0 Å². The zero-order valence-electron chi connectivity index (χ0n) is 6.41. The van der Waals surface area contributed by atoms with Gasteiger partial charge in [0, 0.05) is 5.57 Å². The molecule has 0 aromatic heterocycles. The quantitative estimate of drug-likeness (QED) is 0.640. The maximum atomic E-state index is 10.1. The van der Waals surface area contributed by atoms with Gasteiger partial charge < -0.3 is 10.2 Å². The lowest BCUT2D eigenvalue weighted by atomic mass is 10.1. The van der Waals surface area contributed by atoms with Crippen molar-refractivity contribution >= 4 is 18.4 Å². The summed E-state index contributed by atoms with van der Waals surface area (Å²) >= 11 is 0. The van der Waals surface area contributed by atoms with Gasteiger partial charge in [-0.05, 0) is 19.8 Å². The summed E-state index contributed by atoms with van der Waals surface area (Å²) in [4.78, 5) is 10.1. The van der Waals surface area contributed by atoms with E-state index in [0.29, 0.717) is 12.8 Å². The summed E-state index contributed by atoms with van der Waals surface area (Å²) in [6.45, 7) is 4.94. The first-order chi connectivity index (χ1) is 4.54. The zero-order chi connectivity index (χ0) is 8.15. The van der Waals surface area contributed by atoms with E-state index in [1.165, 1.54) is 0 Å². The van der Waals surface area contributed by atoms with E-state index in [2.05, 4.69) is 6.58 Å². The van der Waals surface area contributed by atoms with Gasteiger partial charge in [-0.15, -0.1) is 12.4 Å². The Balaban J connectivity index is 0. The highest BCUT2D eigenvalue weighted by molar-refractivity contribution is 5.85. The molecular formula is C7H13ClO3. The van der Waals surface area contributed by atoms with Crippen LogP contribution in [0.15, 0.2) is 12.2 Å². The van der Waals surface area contributed by atoms with Gasteiger partial charge in [0.25, 0.3) is 0 Å². The number of carboxylic acid groups (broad SMARTS) is 1. The Morgan fingerprint density at radius 2 is 2.09 bits per heavy atom. The third kappa shape index (κ3) is 7.36. The number of carboxylic acids is 1. The third-order valence-electron chi connectivity index (χ3n) is 1.17. The highest BCUT2D eigenvalue weighted by atomic mass is 35.5. The van der Waals surface area contributed by atoms with E-state index in [9.17, 15) is 4.79 Å². The Hall–Kier alpha value is -0.540. The van der Waals surface area contributed by atoms with Crippen molar-refractivity contribution in [2.75, 3.05) is 0 Å². The molecule has 0 bridgehead atoms. The minimum Gasteiger partial charge on any atom is -0.478 e. The number of rotatable bonds is 4. The van der Waals surface area contributed by atoms with E-state index >= 15 is 0 Å². The van der Waals surface area contributed by atoms with Crippen molar-refractivity contribution in [1.29, 1.82) is 0 Å². The van der Waals surface area contributed by atoms with Crippen LogP contribution in [0, 0.1) is 0 Å². The largest absolute Gasteiger partial charge is 0.478 e. The Labute approximate surface area is 72.1 Å². The van der Waals surface area contributed by atoms with Crippen molar-refractivity contribution in [3.8, 4) is 0 Å². The molecule has 2 N–H and O–H groups in total. The molecule has 4 heteroatoms. The second-order valence-corrected chi connectivity index (χ2v) is 2.30. The van der Waals surface area contributed by atoms with Gasteiger partial charge in [-0.3, -0.25) is 0 Å². The molecule has 66 valence electrons. The fourth-order valence-electron chi connectivity index (χ4n) is 0.490. The third-order valence-corrected chi connectivity index (χ3v) is 1.17. The Morgan fingerprint density at radius 1 is 1.64 bits per heavy atom. The van der Waals surface area contributed by atoms with Crippen LogP contribution in [0.2, 0.25) is 0 Å². The first-order valence-electron chi connectivity index (χ1n) is 3.13. The second-order valence-electron chi connectivity index (χ2n) is 2.30. The maximum Gasteiger partial charge on any atom is 0.330 e. The van der Waals surface area contributed by atoms with Crippen LogP contribution >= 0.6 is 12.4 Å². The maximum absolute atomic E-state index is 10.1. The predicted octanol–water partition coefficient (Wildman–Crippen LogP) is 1.21. The normalized spacial score (nSPS) is 11.5. The minimum absolute atomic E-state index is 0. The highest BCUT2D eigenvalue weighted by Crippen LogP contribution is 2.04. The summed E-state index contributed by atoms with van der Waals surface area (Å²) in [5, 5.41) is 17.1. The van der Waals surface area contributed by atoms with Gasteiger partial charge >= 0.3 is 5.97 Å². The number of hydrogen-bond acceptors (Lipinski definition) is 2. The van der Waals surface area contributed by atoms with Gasteiger partial charge in [0.15, 0.2) is 0 Å². The van der Waals surface area contributed by atoms with Crippen LogP contribution in [0.25, 0.3) is 0 Å². The molecular weight excluding hydrogens is 168 g/mol. The molecule has 0 spiro atoms. The Morgan fingerprint density at radius 3 is 2.36 bits per heavy atom. The molecule has 0 aliphatic rings. The average Bonchev–Trinajstić information content (AvgIpc) is 1.82. The standard InChI is InChI=1S/C7H12O3.ClH/c1-5(7(9)10)3-4-6(2)8;/h6,8H,1,3-4H2,2H3,(H,9,10);1H. The van der Waals surface area contributed by atoms with Gasteiger partial charge in [-0.1, -0.05) is 6.58 Å². The minimum atomic E-state index is -0.986. The first-order valence-corrected chi connectivity index (χ1v) is 3.13. The summed E-state index contributed by atoms with van der Waals surface area (Å²) in [7, 11) is 0. The molecule has 1 unspecified atom stereocenters. The van der Waals surface area contributed by atoms with Crippen LogP contribution in [0.4, 0.5) is 0 Å². The number of aliphatic carboxylic acids is 1. The van der Waals surface area contributed by atoms with Crippen molar-refractivity contribution < 1.29 is 15.0 Å². The number of hydrogen-bond donors (Lipinski definition) is 2. The summed E-state index contributed by atoms with van der Waals surface area (Å²) in [5.74, 6) is -0.986. The van der Waals surface area contributed by atoms with Gasteiger partial charge in [0.2, 0.25) is 0 Å². The summed E-state index contributed by atoms with van der Waals surface area (Å²) < 4.78 is 0. The smallest absolute Gasteiger partial charge is 0.330 e. The van der Waals surface area contributed by atoms with Crippen molar-refractivity contribution in [2.24, 2.45) is 0 Å². The zero-order valence-corrected chi connectivity index (χ0v) is 7.23. The van der Waals surface area contributed by atoms with E-state index in [0.717, 1.165) is 0 Å². The van der Waals surface area contributed by atoms with Crippen molar-refractivity contribution in [3.05, 3.63) is 12.2 Å². The summed E-state index contributed by atoms with van der Waals surface area (Å²) in [5.41, 5.74) is 0.154. The lowest BCUT2D eigenvalue weighted by Crippen LogP contribution is -2.04. The molecule has 0 fully saturated rings. The number of carbonyl (C=O) groups is 1. The molecule has 0 saturated heterocycles. The van der Waals surface area contributed by atoms with E-state index in [-0.39, 0.29) is 18.0 Å². The molecule has 0 aromatic carbocycles. The number of halogens is 1. The van der Waals surface area contributed by atoms with E-state index in [1.54, 1.807) is 6.92 Å². The number of aliphatic hydroxyl groups is 1. The molecule has 0 amide bonds. The van der Waals surface area contributed by atoms with Gasteiger partial charge in [0.1, 0.15) is 0 Å².